The van der Waals surface area contributed by atoms with E-state index in [9.17, 15) is 19.5 Å². The molecule has 0 spiro atoms. The number of halogens is 1. The van der Waals surface area contributed by atoms with Gasteiger partial charge in [-0.2, -0.15) is 0 Å². The molecule has 2 saturated heterocycles. The molecule has 2 amide bonds. The van der Waals surface area contributed by atoms with Gasteiger partial charge in [0, 0.05) is 5.75 Å². The van der Waals surface area contributed by atoms with E-state index in [0.29, 0.717) is 12.2 Å². The van der Waals surface area contributed by atoms with E-state index < -0.39 is 29.3 Å². The van der Waals surface area contributed by atoms with Crippen LogP contribution in [0.2, 0.25) is 0 Å². The molecule has 0 radical (unpaired) electrons. The first-order valence-electron chi connectivity index (χ1n) is 10.7. The van der Waals surface area contributed by atoms with Crippen molar-refractivity contribution in [2.45, 2.75) is 36.5 Å². The third-order valence-corrected chi connectivity index (χ3v) is 8.01. The Hall–Kier alpha value is -2.81. The lowest BCUT2D eigenvalue weighted by atomic mass is 10.0. The molecule has 3 aliphatic rings. The van der Waals surface area contributed by atoms with Gasteiger partial charge in [0.15, 0.2) is 0 Å². The van der Waals surface area contributed by atoms with E-state index >= 15 is 0 Å². The summed E-state index contributed by atoms with van der Waals surface area (Å²) in [7, 11) is 0. The number of nitrogens with one attached hydrogen (secondary N) is 1. The number of hydrogen-bond donors (Lipinski definition) is 2. The highest BCUT2D eigenvalue weighted by Crippen LogP contribution is 2.45. The molecule has 33 heavy (non-hydrogen) atoms. The molecule has 0 aliphatic carbocycles. The SMILES string of the molecule is O=C(O)C1=C(Cl)CS[C@@H]2[C@H](N3C(=O)C(c4ccccc4)NC3CCc3ccccc3)C(=O)N12. The van der Waals surface area contributed by atoms with Gasteiger partial charge in [0.25, 0.3) is 5.91 Å². The van der Waals surface area contributed by atoms with E-state index in [2.05, 4.69) is 5.32 Å². The Labute approximate surface area is 200 Å². The lowest BCUT2D eigenvalue weighted by Gasteiger charge is -2.52. The summed E-state index contributed by atoms with van der Waals surface area (Å²) < 4.78 is 0. The number of fused-ring (bicyclic) bond motifs is 1. The molecule has 3 heterocycles. The number of nitrogens with zero attached hydrogens (tertiary/aromatic N) is 2. The Kier molecular flexibility index (Phi) is 5.90. The van der Waals surface area contributed by atoms with Crippen molar-refractivity contribution in [1.29, 1.82) is 0 Å². The van der Waals surface area contributed by atoms with Crippen molar-refractivity contribution >= 4 is 41.1 Å². The van der Waals surface area contributed by atoms with Gasteiger partial charge in [-0.05, 0) is 24.0 Å². The van der Waals surface area contributed by atoms with Crippen LogP contribution in [0.15, 0.2) is 71.4 Å². The largest absolute Gasteiger partial charge is 0.477 e. The van der Waals surface area contributed by atoms with Gasteiger partial charge in [-0.25, -0.2) is 4.79 Å². The molecule has 2 N–H and O–H groups in total. The van der Waals surface area contributed by atoms with E-state index in [1.54, 1.807) is 4.90 Å². The van der Waals surface area contributed by atoms with Gasteiger partial charge in [-0.1, -0.05) is 72.3 Å². The minimum absolute atomic E-state index is 0.143. The number of hydrogen-bond acceptors (Lipinski definition) is 5. The topological polar surface area (TPSA) is 90.0 Å². The van der Waals surface area contributed by atoms with Crippen LogP contribution < -0.4 is 5.32 Å². The highest BCUT2D eigenvalue weighted by atomic mass is 35.5. The van der Waals surface area contributed by atoms with E-state index in [4.69, 9.17) is 11.6 Å². The number of carboxylic acid groups (broad SMARTS) is 1. The molecule has 2 unspecified atom stereocenters. The van der Waals surface area contributed by atoms with Gasteiger partial charge < -0.3 is 10.0 Å². The number of aryl methyl sites for hydroxylation is 1. The van der Waals surface area contributed by atoms with Crippen LogP contribution >= 0.6 is 23.4 Å². The van der Waals surface area contributed by atoms with E-state index in [0.717, 1.165) is 17.5 Å². The number of thioether (sulfide) groups is 1. The van der Waals surface area contributed by atoms with E-state index in [-0.39, 0.29) is 22.8 Å². The van der Waals surface area contributed by atoms with Crippen LogP contribution in [-0.4, -0.2) is 56.0 Å². The van der Waals surface area contributed by atoms with Gasteiger partial charge in [0.2, 0.25) is 5.91 Å². The summed E-state index contributed by atoms with van der Waals surface area (Å²) in [5.74, 6) is -1.52. The maximum absolute atomic E-state index is 13.6. The minimum Gasteiger partial charge on any atom is -0.477 e. The lowest BCUT2D eigenvalue weighted by Crippen LogP contribution is -2.72. The number of β-lactam (4-membered cyclic amide) rings is 1. The van der Waals surface area contributed by atoms with Crippen molar-refractivity contribution in [3.05, 3.63) is 82.5 Å². The van der Waals surface area contributed by atoms with Gasteiger partial charge in [0.1, 0.15) is 23.2 Å². The molecule has 3 aliphatic heterocycles. The van der Waals surface area contributed by atoms with Crippen LogP contribution in [0, 0.1) is 0 Å². The van der Waals surface area contributed by atoms with Crippen LogP contribution in [0.1, 0.15) is 23.6 Å². The van der Waals surface area contributed by atoms with Crippen molar-refractivity contribution in [2.24, 2.45) is 0 Å². The number of rotatable bonds is 6. The minimum atomic E-state index is -1.23. The zero-order valence-electron chi connectivity index (χ0n) is 17.6. The molecule has 0 bridgehead atoms. The van der Waals surface area contributed by atoms with Gasteiger partial charge in [-0.15, -0.1) is 11.8 Å². The molecule has 2 aromatic rings. The first-order chi connectivity index (χ1) is 16.0. The second-order valence-electron chi connectivity index (χ2n) is 8.21. The van der Waals surface area contributed by atoms with Gasteiger partial charge in [0.05, 0.1) is 11.2 Å². The number of aliphatic carboxylic acids is 1. The summed E-state index contributed by atoms with van der Waals surface area (Å²) in [6.07, 6.45) is 1.01. The van der Waals surface area contributed by atoms with Crippen LogP contribution in [-0.2, 0) is 20.8 Å². The molecular formula is C24H22ClN3O4S. The van der Waals surface area contributed by atoms with Gasteiger partial charge in [-0.3, -0.25) is 19.8 Å². The van der Waals surface area contributed by atoms with Gasteiger partial charge >= 0.3 is 5.97 Å². The highest BCUT2D eigenvalue weighted by Gasteiger charge is 2.60. The average molecular weight is 484 g/mol. The quantitative estimate of drug-likeness (QED) is 0.614. The summed E-state index contributed by atoms with van der Waals surface area (Å²) >= 11 is 7.50. The molecule has 2 fully saturated rings. The Morgan fingerprint density at radius 2 is 1.73 bits per heavy atom. The maximum atomic E-state index is 13.6. The average Bonchev–Trinajstić information content (AvgIpc) is 3.14. The second-order valence-corrected chi connectivity index (χ2v) is 9.77. The first-order valence-corrected chi connectivity index (χ1v) is 12.1. The summed E-state index contributed by atoms with van der Waals surface area (Å²) in [6, 6.07) is 18.1. The molecule has 9 heteroatoms. The predicted molar refractivity (Wildman–Crippen MR) is 125 cm³/mol. The Bertz CT molecular complexity index is 1130. The van der Waals surface area contributed by atoms with Crippen LogP contribution in [0.4, 0.5) is 0 Å². The molecule has 7 nitrogen and oxygen atoms in total. The Balaban J connectivity index is 1.43. The van der Waals surface area contributed by atoms with Crippen molar-refractivity contribution in [3.63, 3.8) is 0 Å². The smallest absolute Gasteiger partial charge is 0.353 e. The molecule has 2 aromatic carbocycles. The van der Waals surface area contributed by atoms with Crippen molar-refractivity contribution in [2.75, 3.05) is 5.75 Å². The number of carbonyl (C=O) groups is 3. The molecule has 170 valence electrons. The molecule has 0 aromatic heterocycles. The Morgan fingerprint density at radius 1 is 1.06 bits per heavy atom. The van der Waals surface area contributed by atoms with E-state index in [1.165, 1.54) is 16.7 Å². The first kappa shape index (κ1) is 22.0. The zero-order valence-corrected chi connectivity index (χ0v) is 19.1. The van der Waals surface area contributed by atoms with Crippen LogP contribution in [0.5, 0.6) is 0 Å². The summed E-state index contributed by atoms with van der Waals surface area (Å²) in [4.78, 5) is 41.4. The highest BCUT2D eigenvalue weighted by molar-refractivity contribution is 8.00. The molecular weight excluding hydrogens is 462 g/mol. The van der Waals surface area contributed by atoms with Crippen LogP contribution in [0.3, 0.4) is 0 Å². The Morgan fingerprint density at radius 3 is 2.39 bits per heavy atom. The summed E-state index contributed by atoms with van der Waals surface area (Å²) in [5, 5.41) is 12.7. The molecule has 0 saturated carbocycles. The molecule has 5 rings (SSSR count). The fourth-order valence-electron chi connectivity index (χ4n) is 4.72. The third-order valence-electron chi connectivity index (χ3n) is 6.27. The van der Waals surface area contributed by atoms with Crippen molar-refractivity contribution in [3.8, 4) is 0 Å². The van der Waals surface area contributed by atoms with Crippen molar-refractivity contribution < 1.29 is 19.5 Å². The number of amides is 2. The maximum Gasteiger partial charge on any atom is 0.353 e. The van der Waals surface area contributed by atoms with Crippen molar-refractivity contribution in [1.82, 2.24) is 15.1 Å². The standard InChI is InChI=1S/C24H22ClN3O4S/c25-16-13-33-23-20(22(30)28(23)19(16)24(31)32)27-17(12-11-14-7-3-1-4-8-14)26-18(21(27)29)15-9-5-2-6-10-15/h1-10,17-18,20,23,26H,11-13H2,(H,31,32)/t17?,18?,20-,23-/m1/s1. The van der Waals surface area contributed by atoms with E-state index in [1.807, 2.05) is 60.7 Å². The lowest BCUT2D eigenvalue weighted by molar-refractivity contribution is -0.160. The number of benzene rings is 2. The number of carbonyl (C=O) groups excluding carboxylic acids is 2. The number of carboxylic acids is 1. The zero-order chi connectivity index (χ0) is 23.1. The monoisotopic (exact) mass is 483 g/mol. The fraction of sp³-hybridized carbons (Fsp3) is 0.292. The summed E-state index contributed by atoms with van der Waals surface area (Å²) in [6.45, 7) is 0. The summed E-state index contributed by atoms with van der Waals surface area (Å²) in [5.41, 5.74) is 1.80. The second kappa shape index (κ2) is 8.85. The fourth-order valence-corrected chi connectivity index (χ4v) is 6.32. The van der Waals surface area contributed by atoms with Crippen LogP contribution in [0.25, 0.3) is 0 Å². The normalized spacial score (nSPS) is 26.9. The third kappa shape index (κ3) is 3.82. The molecule has 4 atom stereocenters. The predicted octanol–water partition coefficient (Wildman–Crippen LogP) is 2.94.